The predicted molar refractivity (Wildman–Crippen MR) is 117 cm³/mol. The van der Waals surface area contributed by atoms with Gasteiger partial charge in [-0.15, -0.1) is 0 Å². The van der Waals surface area contributed by atoms with Crippen molar-refractivity contribution in [2.75, 3.05) is 13.1 Å². The summed E-state index contributed by atoms with van der Waals surface area (Å²) < 4.78 is 0. The van der Waals surface area contributed by atoms with E-state index in [1.54, 1.807) is 0 Å². The standard InChI is InChI=1S/C18H37N9O4/c1-10(20)15(29)27-13(7-5-9-24-18(22)23)17(31)25-11(2)16(30)26-12(14(21)28)6-3-4-8-19/h10-13H,3-9,19-20H2,1-2H3,(H2,21,28)(H,25,31)(H,26,30)(H,27,29)(H4,22,23,24)/t10-,11-,12+,13-/m0/s1. The fourth-order valence-corrected chi connectivity index (χ4v) is 2.53. The van der Waals surface area contributed by atoms with Crippen LogP contribution in [0.1, 0.15) is 46.0 Å². The van der Waals surface area contributed by atoms with Crippen molar-refractivity contribution >= 4 is 29.6 Å². The van der Waals surface area contributed by atoms with E-state index >= 15 is 0 Å². The molecule has 31 heavy (non-hydrogen) atoms. The maximum Gasteiger partial charge on any atom is 0.243 e. The molecular weight excluding hydrogens is 406 g/mol. The van der Waals surface area contributed by atoms with E-state index in [2.05, 4.69) is 20.9 Å². The number of guanidine groups is 1. The molecule has 0 aliphatic rings. The van der Waals surface area contributed by atoms with Crippen LogP contribution in [-0.4, -0.2) is 66.8 Å². The van der Waals surface area contributed by atoms with E-state index in [1.807, 2.05) is 0 Å². The minimum Gasteiger partial charge on any atom is -0.370 e. The number of aliphatic imine (C=N–C) groups is 1. The molecule has 4 amide bonds. The lowest BCUT2D eigenvalue weighted by atomic mass is 10.1. The number of carbonyl (C=O) groups is 4. The second-order valence-electron chi connectivity index (χ2n) is 7.28. The predicted octanol–water partition coefficient (Wildman–Crippen LogP) is -3.52. The quantitative estimate of drug-likeness (QED) is 0.0713. The summed E-state index contributed by atoms with van der Waals surface area (Å²) in [4.78, 5) is 52.4. The van der Waals surface area contributed by atoms with Crippen molar-refractivity contribution in [2.45, 2.75) is 70.1 Å². The summed E-state index contributed by atoms with van der Waals surface area (Å²) in [6.45, 7) is 3.66. The van der Waals surface area contributed by atoms with Gasteiger partial charge in [0.25, 0.3) is 0 Å². The molecule has 13 N–H and O–H groups in total. The Hall–Kier alpha value is -2.93. The van der Waals surface area contributed by atoms with E-state index in [0.717, 1.165) is 0 Å². The van der Waals surface area contributed by atoms with E-state index in [1.165, 1.54) is 13.8 Å². The zero-order chi connectivity index (χ0) is 24.0. The van der Waals surface area contributed by atoms with Gasteiger partial charge in [-0.1, -0.05) is 0 Å². The maximum atomic E-state index is 12.6. The lowest BCUT2D eigenvalue weighted by Gasteiger charge is -2.23. The normalized spacial score (nSPS) is 14.5. The third-order valence-corrected chi connectivity index (χ3v) is 4.35. The first-order chi connectivity index (χ1) is 14.5. The molecule has 0 fully saturated rings. The van der Waals surface area contributed by atoms with Crippen LogP contribution in [-0.2, 0) is 19.2 Å². The fourth-order valence-electron chi connectivity index (χ4n) is 2.53. The highest BCUT2D eigenvalue weighted by Gasteiger charge is 2.27. The van der Waals surface area contributed by atoms with Crippen LogP contribution in [0.3, 0.4) is 0 Å². The number of hydrogen-bond donors (Lipinski definition) is 8. The molecule has 178 valence electrons. The number of carbonyl (C=O) groups excluding carboxylic acids is 4. The largest absolute Gasteiger partial charge is 0.370 e. The van der Waals surface area contributed by atoms with Crippen LogP contribution in [0.5, 0.6) is 0 Å². The highest BCUT2D eigenvalue weighted by molar-refractivity contribution is 5.94. The fraction of sp³-hybridized carbons (Fsp3) is 0.722. The van der Waals surface area contributed by atoms with Gasteiger partial charge in [-0.25, -0.2) is 0 Å². The van der Waals surface area contributed by atoms with Crippen LogP contribution < -0.4 is 44.6 Å². The van der Waals surface area contributed by atoms with Crippen LogP contribution in [0, 0.1) is 0 Å². The molecule has 0 saturated carbocycles. The van der Waals surface area contributed by atoms with Gasteiger partial charge in [0.2, 0.25) is 23.6 Å². The average molecular weight is 444 g/mol. The van der Waals surface area contributed by atoms with Gasteiger partial charge < -0.3 is 44.6 Å². The molecule has 0 aliphatic heterocycles. The van der Waals surface area contributed by atoms with Crippen molar-refractivity contribution in [3.8, 4) is 0 Å². The van der Waals surface area contributed by atoms with E-state index in [9.17, 15) is 19.2 Å². The monoisotopic (exact) mass is 443 g/mol. The molecule has 13 heteroatoms. The van der Waals surface area contributed by atoms with Crippen molar-refractivity contribution in [1.29, 1.82) is 0 Å². The van der Waals surface area contributed by atoms with Gasteiger partial charge in [-0.05, 0) is 52.5 Å². The molecule has 0 rings (SSSR count). The second kappa shape index (κ2) is 15.0. The molecular formula is C18H37N9O4. The van der Waals surface area contributed by atoms with Crippen molar-refractivity contribution in [3.05, 3.63) is 0 Å². The van der Waals surface area contributed by atoms with Gasteiger partial charge in [-0.3, -0.25) is 24.2 Å². The van der Waals surface area contributed by atoms with Crippen LogP contribution in [0.15, 0.2) is 4.99 Å². The first-order valence-electron chi connectivity index (χ1n) is 10.2. The van der Waals surface area contributed by atoms with Gasteiger partial charge in [0.05, 0.1) is 6.04 Å². The number of hydrogen-bond acceptors (Lipinski definition) is 7. The SMILES string of the molecule is C[C@H](N)C(=O)N[C@@H](CCCN=C(N)N)C(=O)N[C@@H](C)C(=O)N[C@H](CCCCN)C(N)=O. The Bertz CT molecular complexity index is 636. The highest BCUT2D eigenvalue weighted by atomic mass is 16.2. The summed E-state index contributed by atoms with van der Waals surface area (Å²) in [6.07, 6.45) is 2.27. The smallest absolute Gasteiger partial charge is 0.243 e. The zero-order valence-electron chi connectivity index (χ0n) is 18.2. The molecule has 0 aromatic heterocycles. The number of amides is 4. The Kier molecular flexibility index (Phi) is 13.5. The molecule has 0 aromatic rings. The Morgan fingerprint density at radius 3 is 1.90 bits per heavy atom. The number of rotatable bonds is 15. The molecule has 0 spiro atoms. The van der Waals surface area contributed by atoms with E-state index in [0.29, 0.717) is 32.2 Å². The Labute approximate surface area is 182 Å². The lowest BCUT2D eigenvalue weighted by Crippen LogP contribution is -2.56. The summed E-state index contributed by atoms with van der Waals surface area (Å²) >= 11 is 0. The van der Waals surface area contributed by atoms with E-state index in [-0.39, 0.29) is 18.9 Å². The number of primary amides is 1. The minimum atomic E-state index is -0.976. The molecule has 0 bridgehead atoms. The van der Waals surface area contributed by atoms with E-state index < -0.39 is 47.8 Å². The van der Waals surface area contributed by atoms with Crippen molar-refractivity contribution in [1.82, 2.24) is 16.0 Å². The molecule has 0 radical (unpaired) electrons. The third kappa shape index (κ3) is 12.4. The summed E-state index contributed by atoms with van der Waals surface area (Å²) in [7, 11) is 0. The number of nitrogens with two attached hydrogens (primary N) is 5. The van der Waals surface area contributed by atoms with Gasteiger partial charge >= 0.3 is 0 Å². The number of unbranched alkanes of at least 4 members (excludes halogenated alkanes) is 1. The maximum absolute atomic E-state index is 12.6. The van der Waals surface area contributed by atoms with E-state index in [4.69, 9.17) is 28.7 Å². The molecule has 4 atom stereocenters. The summed E-state index contributed by atoms with van der Waals surface area (Å²) in [6, 6.07) is -3.61. The zero-order valence-corrected chi connectivity index (χ0v) is 18.2. The van der Waals surface area contributed by atoms with Crippen LogP contribution in [0.4, 0.5) is 0 Å². The average Bonchev–Trinajstić information content (AvgIpc) is 2.68. The topological polar surface area (TPSA) is 247 Å². The van der Waals surface area contributed by atoms with Gasteiger partial charge in [-0.2, -0.15) is 0 Å². The minimum absolute atomic E-state index is 0.0821. The summed E-state index contributed by atoms with van der Waals surface area (Å²) in [5.74, 6) is -2.44. The molecule has 0 aliphatic carbocycles. The molecule has 0 unspecified atom stereocenters. The van der Waals surface area contributed by atoms with Gasteiger partial charge in [0, 0.05) is 6.54 Å². The third-order valence-electron chi connectivity index (χ3n) is 4.35. The first-order valence-corrected chi connectivity index (χ1v) is 10.2. The Morgan fingerprint density at radius 1 is 0.806 bits per heavy atom. The Balaban J connectivity index is 4.97. The number of nitrogens with one attached hydrogen (secondary N) is 3. The summed E-state index contributed by atoms with van der Waals surface area (Å²) in [5.41, 5.74) is 26.8. The van der Waals surface area contributed by atoms with Crippen LogP contribution >= 0.6 is 0 Å². The summed E-state index contributed by atoms with van der Waals surface area (Å²) in [5, 5.41) is 7.58. The highest BCUT2D eigenvalue weighted by Crippen LogP contribution is 2.03. The van der Waals surface area contributed by atoms with Crippen molar-refractivity contribution in [2.24, 2.45) is 33.7 Å². The van der Waals surface area contributed by atoms with Crippen molar-refractivity contribution in [3.63, 3.8) is 0 Å². The van der Waals surface area contributed by atoms with Crippen molar-refractivity contribution < 1.29 is 19.2 Å². The van der Waals surface area contributed by atoms with Gasteiger partial charge in [0.1, 0.15) is 18.1 Å². The molecule has 0 saturated heterocycles. The van der Waals surface area contributed by atoms with Crippen LogP contribution in [0.25, 0.3) is 0 Å². The molecule has 0 aromatic carbocycles. The first kappa shape index (κ1) is 28.1. The van der Waals surface area contributed by atoms with Crippen LogP contribution in [0.2, 0.25) is 0 Å². The molecule has 13 nitrogen and oxygen atoms in total. The van der Waals surface area contributed by atoms with Gasteiger partial charge in [0.15, 0.2) is 5.96 Å². The Morgan fingerprint density at radius 2 is 1.39 bits per heavy atom. The second-order valence-corrected chi connectivity index (χ2v) is 7.28. The molecule has 0 heterocycles. The lowest BCUT2D eigenvalue weighted by molar-refractivity contribution is -0.133. The number of nitrogens with zero attached hydrogens (tertiary/aromatic N) is 1.